The SMILES string of the molecule is CCNS(=O)(=O)c1ccc(N)c(NCCCCCOC)c1. The zero-order valence-electron chi connectivity index (χ0n) is 12.7. The van der Waals surface area contributed by atoms with Crippen molar-refractivity contribution < 1.29 is 13.2 Å². The van der Waals surface area contributed by atoms with Crippen molar-refractivity contribution >= 4 is 21.4 Å². The predicted molar refractivity (Wildman–Crippen MR) is 85.9 cm³/mol. The van der Waals surface area contributed by atoms with E-state index in [0.717, 1.165) is 32.4 Å². The van der Waals surface area contributed by atoms with E-state index >= 15 is 0 Å². The Morgan fingerprint density at radius 1 is 1.24 bits per heavy atom. The van der Waals surface area contributed by atoms with Gasteiger partial charge in [-0.2, -0.15) is 0 Å². The van der Waals surface area contributed by atoms with Gasteiger partial charge in [-0.25, -0.2) is 13.1 Å². The number of nitrogens with two attached hydrogens (primary N) is 1. The van der Waals surface area contributed by atoms with E-state index < -0.39 is 10.0 Å². The first-order valence-electron chi connectivity index (χ1n) is 7.13. The number of rotatable bonds is 10. The molecule has 0 saturated carbocycles. The van der Waals surface area contributed by atoms with E-state index in [1.54, 1.807) is 26.2 Å². The monoisotopic (exact) mass is 315 g/mol. The Bertz CT molecular complexity index is 532. The molecule has 0 bridgehead atoms. The van der Waals surface area contributed by atoms with Gasteiger partial charge in [-0.05, 0) is 37.5 Å². The number of nitrogens with one attached hydrogen (secondary N) is 2. The van der Waals surface area contributed by atoms with Crippen molar-refractivity contribution in [3.63, 3.8) is 0 Å². The van der Waals surface area contributed by atoms with Gasteiger partial charge in [0, 0.05) is 26.8 Å². The molecule has 0 spiro atoms. The van der Waals surface area contributed by atoms with Crippen molar-refractivity contribution in [3.8, 4) is 0 Å². The van der Waals surface area contributed by atoms with E-state index in [1.165, 1.54) is 6.07 Å². The van der Waals surface area contributed by atoms with E-state index in [-0.39, 0.29) is 4.90 Å². The first-order valence-corrected chi connectivity index (χ1v) is 8.61. The molecular weight excluding hydrogens is 290 g/mol. The molecule has 1 aromatic rings. The first-order chi connectivity index (χ1) is 10.0. The molecule has 0 unspecified atom stereocenters. The van der Waals surface area contributed by atoms with Crippen molar-refractivity contribution in [1.82, 2.24) is 4.72 Å². The zero-order valence-corrected chi connectivity index (χ0v) is 13.5. The summed E-state index contributed by atoms with van der Waals surface area (Å²) in [5.74, 6) is 0. The molecule has 0 aliphatic carbocycles. The third-order valence-electron chi connectivity index (χ3n) is 3.01. The fourth-order valence-corrected chi connectivity index (χ4v) is 2.97. The Balaban J connectivity index is 2.62. The maximum atomic E-state index is 12.0. The molecule has 1 aromatic carbocycles. The van der Waals surface area contributed by atoms with Gasteiger partial charge in [-0.15, -0.1) is 0 Å². The lowest BCUT2D eigenvalue weighted by Crippen LogP contribution is -2.23. The molecule has 1 rings (SSSR count). The lowest BCUT2D eigenvalue weighted by atomic mass is 10.2. The molecule has 0 aliphatic heterocycles. The molecule has 0 fully saturated rings. The lowest BCUT2D eigenvalue weighted by molar-refractivity contribution is 0.192. The number of unbranched alkanes of at least 4 members (excludes halogenated alkanes) is 2. The van der Waals surface area contributed by atoms with Crippen molar-refractivity contribution in [2.45, 2.75) is 31.1 Å². The molecule has 0 saturated heterocycles. The minimum atomic E-state index is -3.45. The second-order valence-corrected chi connectivity index (χ2v) is 6.50. The molecule has 6 nitrogen and oxygen atoms in total. The Morgan fingerprint density at radius 2 is 2.00 bits per heavy atom. The second kappa shape index (κ2) is 8.86. The van der Waals surface area contributed by atoms with E-state index in [0.29, 0.717) is 17.9 Å². The summed E-state index contributed by atoms with van der Waals surface area (Å²) >= 11 is 0. The Labute approximate surface area is 127 Å². The van der Waals surface area contributed by atoms with E-state index in [9.17, 15) is 8.42 Å². The number of ether oxygens (including phenoxy) is 1. The highest BCUT2D eigenvalue weighted by Gasteiger charge is 2.14. The van der Waals surface area contributed by atoms with Crippen LogP contribution < -0.4 is 15.8 Å². The Kier molecular flexibility index (Phi) is 7.49. The van der Waals surface area contributed by atoms with Crippen LogP contribution in [0.2, 0.25) is 0 Å². The maximum Gasteiger partial charge on any atom is 0.240 e. The number of sulfonamides is 1. The van der Waals surface area contributed by atoms with Crippen molar-refractivity contribution in [2.24, 2.45) is 0 Å². The van der Waals surface area contributed by atoms with Crippen LogP contribution in [0.3, 0.4) is 0 Å². The van der Waals surface area contributed by atoms with Crippen LogP contribution in [0.5, 0.6) is 0 Å². The van der Waals surface area contributed by atoms with E-state index in [1.807, 2.05) is 0 Å². The highest BCUT2D eigenvalue weighted by molar-refractivity contribution is 7.89. The molecule has 4 N–H and O–H groups in total. The Hall–Kier alpha value is -1.31. The average molecular weight is 315 g/mol. The third-order valence-corrected chi connectivity index (χ3v) is 4.55. The Morgan fingerprint density at radius 3 is 2.67 bits per heavy atom. The number of hydrogen-bond acceptors (Lipinski definition) is 5. The summed E-state index contributed by atoms with van der Waals surface area (Å²) in [6.07, 6.45) is 3.05. The van der Waals surface area contributed by atoms with Gasteiger partial charge >= 0.3 is 0 Å². The van der Waals surface area contributed by atoms with Crippen LogP contribution >= 0.6 is 0 Å². The number of anilines is 2. The van der Waals surface area contributed by atoms with Crippen LogP contribution in [-0.4, -0.2) is 35.2 Å². The van der Waals surface area contributed by atoms with Gasteiger partial charge in [-0.3, -0.25) is 0 Å². The van der Waals surface area contributed by atoms with Crippen LogP contribution in [0.15, 0.2) is 23.1 Å². The predicted octanol–water partition coefficient (Wildman–Crippen LogP) is 1.80. The number of benzene rings is 1. The third kappa shape index (κ3) is 5.91. The zero-order chi connectivity index (χ0) is 15.7. The van der Waals surface area contributed by atoms with Gasteiger partial charge in [0.25, 0.3) is 0 Å². The summed E-state index contributed by atoms with van der Waals surface area (Å²) in [6, 6.07) is 4.69. The molecule has 7 heteroatoms. The number of hydrogen-bond donors (Lipinski definition) is 3. The van der Waals surface area contributed by atoms with Crippen molar-refractivity contribution in [2.75, 3.05) is 37.9 Å². The first kappa shape index (κ1) is 17.7. The summed E-state index contributed by atoms with van der Waals surface area (Å²) in [4.78, 5) is 0.223. The number of nitrogen functional groups attached to an aromatic ring is 1. The summed E-state index contributed by atoms with van der Waals surface area (Å²) in [7, 11) is -1.76. The standard InChI is InChI=1S/C14H25N3O3S/c1-3-17-21(18,19)12-7-8-13(15)14(11-12)16-9-5-4-6-10-20-2/h7-8,11,16-17H,3-6,9-10,15H2,1-2H3. The van der Waals surface area contributed by atoms with Crippen LogP contribution in [0.25, 0.3) is 0 Å². The molecule has 0 amide bonds. The van der Waals surface area contributed by atoms with Crippen molar-refractivity contribution in [1.29, 1.82) is 0 Å². The summed E-state index contributed by atoms with van der Waals surface area (Å²) in [5, 5.41) is 3.19. The number of methoxy groups -OCH3 is 1. The van der Waals surface area contributed by atoms with Crippen LogP contribution in [-0.2, 0) is 14.8 Å². The normalized spacial score (nSPS) is 11.5. The van der Waals surface area contributed by atoms with Gasteiger partial charge in [0.15, 0.2) is 0 Å². The quantitative estimate of drug-likeness (QED) is 0.452. The highest BCUT2D eigenvalue weighted by Crippen LogP contribution is 2.22. The topological polar surface area (TPSA) is 93.5 Å². The van der Waals surface area contributed by atoms with Gasteiger partial charge in [0.1, 0.15) is 0 Å². The maximum absolute atomic E-state index is 12.0. The average Bonchev–Trinajstić information content (AvgIpc) is 2.44. The molecular formula is C14H25N3O3S. The lowest BCUT2D eigenvalue weighted by Gasteiger charge is -2.12. The van der Waals surface area contributed by atoms with E-state index in [4.69, 9.17) is 10.5 Å². The van der Waals surface area contributed by atoms with Crippen LogP contribution in [0.4, 0.5) is 11.4 Å². The molecule has 0 atom stereocenters. The molecule has 0 aliphatic rings. The van der Waals surface area contributed by atoms with Gasteiger partial charge < -0.3 is 15.8 Å². The minimum absolute atomic E-state index is 0.223. The molecule has 0 heterocycles. The molecule has 120 valence electrons. The smallest absolute Gasteiger partial charge is 0.240 e. The molecule has 0 radical (unpaired) electrons. The van der Waals surface area contributed by atoms with Crippen LogP contribution in [0, 0.1) is 0 Å². The van der Waals surface area contributed by atoms with Crippen molar-refractivity contribution in [3.05, 3.63) is 18.2 Å². The summed E-state index contributed by atoms with van der Waals surface area (Å²) < 4.78 is 31.4. The van der Waals surface area contributed by atoms with Crippen LogP contribution in [0.1, 0.15) is 26.2 Å². The fourth-order valence-electron chi connectivity index (χ4n) is 1.90. The second-order valence-electron chi connectivity index (χ2n) is 4.73. The van der Waals surface area contributed by atoms with Gasteiger partial charge in [0.2, 0.25) is 10.0 Å². The minimum Gasteiger partial charge on any atom is -0.397 e. The fraction of sp³-hybridized carbons (Fsp3) is 0.571. The van der Waals surface area contributed by atoms with Gasteiger partial charge in [0.05, 0.1) is 16.3 Å². The van der Waals surface area contributed by atoms with E-state index in [2.05, 4.69) is 10.0 Å². The molecule has 0 aromatic heterocycles. The largest absolute Gasteiger partial charge is 0.397 e. The summed E-state index contributed by atoms with van der Waals surface area (Å²) in [6.45, 7) is 3.61. The van der Waals surface area contributed by atoms with Gasteiger partial charge in [-0.1, -0.05) is 6.92 Å². The highest BCUT2D eigenvalue weighted by atomic mass is 32.2. The molecule has 21 heavy (non-hydrogen) atoms. The summed E-state index contributed by atoms with van der Waals surface area (Å²) in [5.41, 5.74) is 7.07.